The van der Waals surface area contributed by atoms with E-state index in [1.165, 1.54) is 83.5 Å². The number of nitrogens with one attached hydrogen (secondary N) is 1. The van der Waals surface area contributed by atoms with E-state index < -0.39 is 0 Å². The van der Waals surface area contributed by atoms with Crippen molar-refractivity contribution >= 4 is 6.09 Å². The van der Waals surface area contributed by atoms with Crippen molar-refractivity contribution in [2.75, 3.05) is 26.7 Å². The fraction of sp³-hybridized carbons (Fsp3) is 0.731. The van der Waals surface area contributed by atoms with Crippen LogP contribution >= 0.6 is 0 Å². The van der Waals surface area contributed by atoms with Crippen molar-refractivity contribution in [2.45, 2.75) is 97.0 Å². The molecule has 0 aliphatic carbocycles. The average Bonchev–Trinajstić information content (AvgIpc) is 2.76. The molecule has 0 aliphatic heterocycles. The van der Waals surface area contributed by atoms with Gasteiger partial charge in [0.15, 0.2) is 0 Å². The maximum absolute atomic E-state index is 11.7. The quantitative estimate of drug-likeness (QED) is 0.247. The lowest BCUT2D eigenvalue weighted by atomic mass is 10.0. The van der Waals surface area contributed by atoms with E-state index in [9.17, 15) is 4.79 Å². The van der Waals surface area contributed by atoms with Crippen molar-refractivity contribution in [1.82, 2.24) is 10.2 Å². The molecule has 1 aromatic rings. The van der Waals surface area contributed by atoms with E-state index in [0.29, 0.717) is 13.2 Å². The minimum absolute atomic E-state index is 0.321. The highest BCUT2D eigenvalue weighted by atomic mass is 16.5. The van der Waals surface area contributed by atoms with Crippen molar-refractivity contribution < 1.29 is 9.53 Å². The Morgan fingerprint density at radius 1 is 0.800 bits per heavy atom. The standard InChI is InChI=1S/C26H46N2O2/c1-3-4-5-6-7-8-9-10-11-12-13-14-18-22-28(2)23-21-27-26(29)30-24-25-19-16-15-17-20-25/h15-17,19-20H,3-14,18,21-24H2,1-2H3,(H,27,29). The van der Waals surface area contributed by atoms with Gasteiger partial charge in [-0.1, -0.05) is 114 Å². The van der Waals surface area contributed by atoms with E-state index in [4.69, 9.17) is 4.74 Å². The molecule has 0 aliphatic rings. The van der Waals surface area contributed by atoms with Gasteiger partial charge in [-0.2, -0.15) is 0 Å². The molecule has 0 aromatic heterocycles. The second-order valence-corrected chi connectivity index (χ2v) is 8.53. The Hall–Kier alpha value is -1.55. The van der Waals surface area contributed by atoms with Gasteiger partial charge >= 0.3 is 6.09 Å². The molecule has 1 amide bonds. The smallest absolute Gasteiger partial charge is 0.407 e. The summed E-state index contributed by atoms with van der Waals surface area (Å²) in [6, 6.07) is 9.76. The van der Waals surface area contributed by atoms with Crippen molar-refractivity contribution in [2.24, 2.45) is 0 Å². The molecule has 30 heavy (non-hydrogen) atoms. The molecule has 172 valence electrons. The van der Waals surface area contributed by atoms with E-state index in [-0.39, 0.29) is 6.09 Å². The van der Waals surface area contributed by atoms with E-state index >= 15 is 0 Å². The van der Waals surface area contributed by atoms with E-state index in [1.54, 1.807) is 0 Å². The first-order valence-electron chi connectivity index (χ1n) is 12.4. The summed E-state index contributed by atoms with van der Waals surface area (Å²) in [6.45, 7) is 5.18. The van der Waals surface area contributed by atoms with Gasteiger partial charge in [0.05, 0.1) is 0 Å². The third-order valence-electron chi connectivity index (χ3n) is 5.62. The molecule has 0 bridgehead atoms. The van der Waals surface area contributed by atoms with E-state index in [1.807, 2.05) is 30.3 Å². The van der Waals surface area contributed by atoms with E-state index in [0.717, 1.165) is 18.7 Å². The Morgan fingerprint density at radius 2 is 1.33 bits per heavy atom. The number of benzene rings is 1. The molecule has 1 rings (SSSR count). The molecular weight excluding hydrogens is 372 g/mol. The Kier molecular flexibility index (Phi) is 17.1. The number of ether oxygens (including phenoxy) is 1. The SMILES string of the molecule is CCCCCCCCCCCCCCCN(C)CCNC(=O)OCc1ccccc1. The largest absolute Gasteiger partial charge is 0.445 e. The monoisotopic (exact) mass is 418 g/mol. The van der Waals surface area contributed by atoms with Crippen LogP contribution in [0.3, 0.4) is 0 Å². The highest BCUT2D eigenvalue weighted by Gasteiger charge is 2.03. The summed E-state index contributed by atoms with van der Waals surface area (Å²) in [7, 11) is 2.12. The topological polar surface area (TPSA) is 41.6 Å². The van der Waals surface area contributed by atoms with Crippen molar-refractivity contribution in [3.8, 4) is 0 Å². The summed E-state index contributed by atoms with van der Waals surface area (Å²) in [5, 5.41) is 2.83. The zero-order valence-corrected chi connectivity index (χ0v) is 19.7. The summed E-state index contributed by atoms with van der Waals surface area (Å²) in [5.74, 6) is 0. The van der Waals surface area contributed by atoms with Gasteiger partial charge in [0, 0.05) is 13.1 Å². The number of carbonyl (C=O) groups is 1. The zero-order valence-electron chi connectivity index (χ0n) is 19.7. The van der Waals surface area contributed by atoms with Gasteiger partial charge in [-0.3, -0.25) is 0 Å². The van der Waals surface area contributed by atoms with Crippen LogP contribution in [0.15, 0.2) is 30.3 Å². The molecule has 4 nitrogen and oxygen atoms in total. The van der Waals surface area contributed by atoms with E-state index in [2.05, 4.69) is 24.2 Å². The second kappa shape index (κ2) is 19.4. The fourth-order valence-electron chi connectivity index (χ4n) is 3.63. The lowest BCUT2D eigenvalue weighted by molar-refractivity contribution is 0.138. The third kappa shape index (κ3) is 16.3. The van der Waals surface area contributed by atoms with Gasteiger partial charge in [-0.05, 0) is 25.6 Å². The summed E-state index contributed by atoms with van der Waals surface area (Å²) in [6.07, 6.45) is 17.7. The minimum Gasteiger partial charge on any atom is -0.445 e. The number of rotatable bonds is 19. The van der Waals surface area contributed by atoms with Crippen molar-refractivity contribution in [3.63, 3.8) is 0 Å². The number of nitrogens with zero attached hydrogens (tertiary/aromatic N) is 1. The third-order valence-corrected chi connectivity index (χ3v) is 5.62. The predicted molar refractivity (Wildman–Crippen MR) is 128 cm³/mol. The van der Waals surface area contributed by atoms with Crippen LogP contribution in [0.4, 0.5) is 4.79 Å². The van der Waals surface area contributed by atoms with Gasteiger partial charge in [-0.15, -0.1) is 0 Å². The number of alkyl carbamates (subject to hydrolysis) is 1. The highest BCUT2D eigenvalue weighted by molar-refractivity contribution is 5.67. The first-order valence-corrected chi connectivity index (χ1v) is 12.4. The maximum Gasteiger partial charge on any atom is 0.407 e. The molecule has 0 spiro atoms. The number of carbonyl (C=O) groups excluding carboxylic acids is 1. The lowest BCUT2D eigenvalue weighted by Crippen LogP contribution is -2.33. The van der Waals surface area contributed by atoms with Gasteiger partial charge in [0.2, 0.25) is 0 Å². The molecule has 1 N–H and O–H groups in total. The molecule has 0 fully saturated rings. The summed E-state index contributed by atoms with van der Waals surface area (Å²) in [4.78, 5) is 14.0. The van der Waals surface area contributed by atoms with Gasteiger partial charge in [0.25, 0.3) is 0 Å². The molecule has 0 radical (unpaired) electrons. The number of likely N-dealkylation sites (N-methyl/N-ethyl adjacent to an activating group) is 1. The Bertz CT molecular complexity index is 507. The Balaban J connectivity index is 1.82. The van der Waals surface area contributed by atoms with Gasteiger partial charge < -0.3 is 15.0 Å². The summed E-state index contributed by atoms with van der Waals surface area (Å²) < 4.78 is 5.22. The Morgan fingerprint density at radius 3 is 1.90 bits per heavy atom. The molecule has 4 heteroatoms. The van der Waals surface area contributed by atoms with Crippen LogP contribution < -0.4 is 5.32 Å². The summed E-state index contributed by atoms with van der Waals surface area (Å²) >= 11 is 0. The van der Waals surface area contributed by atoms with Gasteiger partial charge in [-0.25, -0.2) is 4.79 Å². The second-order valence-electron chi connectivity index (χ2n) is 8.53. The predicted octanol–water partition coefficient (Wildman–Crippen LogP) is 6.94. The lowest BCUT2D eigenvalue weighted by Gasteiger charge is -2.16. The summed E-state index contributed by atoms with van der Waals surface area (Å²) in [5.41, 5.74) is 1.01. The van der Waals surface area contributed by atoms with Crippen molar-refractivity contribution in [3.05, 3.63) is 35.9 Å². The zero-order chi connectivity index (χ0) is 21.7. The van der Waals surface area contributed by atoms with Gasteiger partial charge in [0.1, 0.15) is 6.61 Å². The molecule has 0 heterocycles. The highest BCUT2D eigenvalue weighted by Crippen LogP contribution is 2.12. The first-order chi connectivity index (χ1) is 14.7. The molecule has 1 aromatic carbocycles. The molecular formula is C26H46N2O2. The number of amides is 1. The number of hydrogen-bond donors (Lipinski definition) is 1. The van der Waals surface area contributed by atoms with Crippen LogP contribution in [0.5, 0.6) is 0 Å². The molecule has 0 saturated carbocycles. The first kappa shape index (κ1) is 26.5. The van der Waals surface area contributed by atoms with Crippen LogP contribution in [0, 0.1) is 0 Å². The minimum atomic E-state index is -0.340. The number of hydrogen-bond acceptors (Lipinski definition) is 3. The molecule has 0 unspecified atom stereocenters. The van der Waals surface area contributed by atoms with Crippen molar-refractivity contribution in [1.29, 1.82) is 0 Å². The average molecular weight is 419 g/mol. The fourth-order valence-corrected chi connectivity index (χ4v) is 3.63. The normalized spacial score (nSPS) is 11.0. The Labute approximate surface area is 185 Å². The van der Waals surface area contributed by atoms with Crippen LogP contribution in [-0.2, 0) is 11.3 Å². The van der Waals surface area contributed by atoms with Crippen LogP contribution in [0.1, 0.15) is 96.0 Å². The van der Waals surface area contributed by atoms with Crippen LogP contribution in [0.25, 0.3) is 0 Å². The molecule has 0 saturated heterocycles. The van der Waals surface area contributed by atoms with Crippen LogP contribution in [0.2, 0.25) is 0 Å². The molecule has 0 atom stereocenters. The van der Waals surface area contributed by atoms with Crippen LogP contribution in [-0.4, -0.2) is 37.7 Å². The maximum atomic E-state index is 11.7. The number of unbranched alkanes of at least 4 members (excludes halogenated alkanes) is 12.